The molecule has 0 aliphatic rings. The van der Waals surface area contributed by atoms with Gasteiger partial charge in [0, 0.05) is 23.5 Å². The Labute approximate surface area is 189 Å². The number of carbonyl (C=O) groups is 1. The third kappa shape index (κ3) is 7.79. The molecule has 2 aromatic rings. The standard InChI is InChI=1S/C24H29N3O3S/c1-5-6-7-8-10-17(2)25-18-11-9-12-19(15-18)26-24(31)27-23(28)21-14-13-20(29-3)16-22(21)30-4/h5-9,11-17,25H,10H2,1-4H3,(H2,26,27,28,31)/b6-5-,8-7-. The first-order valence-corrected chi connectivity index (χ1v) is 10.4. The van der Waals surface area contributed by atoms with Crippen molar-refractivity contribution in [2.75, 3.05) is 24.9 Å². The highest BCUT2D eigenvalue weighted by Crippen LogP contribution is 2.24. The van der Waals surface area contributed by atoms with Gasteiger partial charge in [0.2, 0.25) is 0 Å². The van der Waals surface area contributed by atoms with Crippen molar-refractivity contribution in [2.24, 2.45) is 0 Å². The van der Waals surface area contributed by atoms with Crippen LogP contribution in [0.4, 0.5) is 11.4 Å². The van der Waals surface area contributed by atoms with E-state index in [1.54, 1.807) is 25.3 Å². The van der Waals surface area contributed by atoms with Gasteiger partial charge in [0.15, 0.2) is 5.11 Å². The van der Waals surface area contributed by atoms with Gasteiger partial charge in [-0.25, -0.2) is 0 Å². The van der Waals surface area contributed by atoms with E-state index in [1.807, 2.05) is 49.4 Å². The maximum atomic E-state index is 12.6. The normalized spacial score (nSPS) is 11.9. The summed E-state index contributed by atoms with van der Waals surface area (Å²) in [5, 5.41) is 9.38. The van der Waals surface area contributed by atoms with E-state index in [0.29, 0.717) is 17.1 Å². The van der Waals surface area contributed by atoms with Gasteiger partial charge in [0.1, 0.15) is 11.5 Å². The number of thiocarbonyl (C=S) groups is 1. The van der Waals surface area contributed by atoms with E-state index in [-0.39, 0.29) is 17.1 Å². The van der Waals surface area contributed by atoms with Crippen molar-refractivity contribution in [1.29, 1.82) is 0 Å². The quantitative estimate of drug-likeness (QED) is 0.371. The number of methoxy groups -OCH3 is 2. The van der Waals surface area contributed by atoms with Crippen LogP contribution in [0.3, 0.4) is 0 Å². The van der Waals surface area contributed by atoms with Gasteiger partial charge in [-0.1, -0.05) is 30.4 Å². The Hall–Kier alpha value is -3.32. The van der Waals surface area contributed by atoms with Gasteiger partial charge in [-0.3, -0.25) is 10.1 Å². The molecule has 0 fully saturated rings. The second-order valence-electron chi connectivity index (χ2n) is 6.79. The number of amides is 1. The Kier molecular flexibility index (Phi) is 9.58. The van der Waals surface area contributed by atoms with Crippen LogP contribution < -0.4 is 25.4 Å². The molecule has 0 aromatic heterocycles. The molecule has 0 aliphatic carbocycles. The zero-order valence-electron chi connectivity index (χ0n) is 18.3. The van der Waals surface area contributed by atoms with Crippen LogP contribution in [-0.2, 0) is 0 Å². The molecule has 164 valence electrons. The number of carbonyl (C=O) groups excluding carboxylic acids is 1. The molecule has 7 heteroatoms. The van der Waals surface area contributed by atoms with Gasteiger partial charge in [-0.05, 0) is 62.8 Å². The van der Waals surface area contributed by atoms with Crippen LogP contribution in [0.2, 0.25) is 0 Å². The minimum absolute atomic E-state index is 0.197. The van der Waals surface area contributed by atoms with E-state index >= 15 is 0 Å². The summed E-state index contributed by atoms with van der Waals surface area (Å²) >= 11 is 5.31. The summed E-state index contributed by atoms with van der Waals surface area (Å²) in [7, 11) is 3.05. The Morgan fingerprint density at radius 3 is 2.58 bits per heavy atom. The van der Waals surface area contributed by atoms with Crippen LogP contribution in [0.5, 0.6) is 11.5 Å². The molecule has 0 saturated carbocycles. The molecule has 1 atom stereocenters. The van der Waals surface area contributed by atoms with Crippen molar-refractivity contribution in [1.82, 2.24) is 5.32 Å². The van der Waals surface area contributed by atoms with Crippen molar-refractivity contribution >= 4 is 34.6 Å². The molecule has 0 radical (unpaired) electrons. The van der Waals surface area contributed by atoms with Crippen molar-refractivity contribution in [3.8, 4) is 11.5 Å². The number of benzene rings is 2. The zero-order valence-corrected chi connectivity index (χ0v) is 19.1. The fourth-order valence-corrected chi connectivity index (χ4v) is 3.03. The summed E-state index contributed by atoms with van der Waals surface area (Å²) < 4.78 is 10.4. The Morgan fingerprint density at radius 2 is 1.87 bits per heavy atom. The van der Waals surface area contributed by atoms with Crippen LogP contribution >= 0.6 is 12.2 Å². The predicted molar refractivity (Wildman–Crippen MR) is 131 cm³/mol. The number of allylic oxidation sites excluding steroid dienone is 3. The van der Waals surface area contributed by atoms with Crippen LogP contribution in [0.25, 0.3) is 0 Å². The molecule has 0 saturated heterocycles. The maximum Gasteiger partial charge on any atom is 0.261 e. The summed E-state index contributed by atoms with van der Waals surface area (Å²) in [5.74, 6) is 0.640. The molecule has 3 N–H and O–H groups in total. The van der Waals surface area contributed by atoms with Gasteiger partial charge < -0.3 is 20.1 Å². The topological polar surface area (TPSA) is 71.6 Å². The molecule has 0 bridgehead atoms. The first-order chi connectivity index (χ1) is 15.0. The van der Waals surface area contributed by atoms with Gasteiger partial charge in [-0.2, -0.15) is 0 Å². The highest BCUT2D eigenvalue weighted by molar-refractivity contribution is 7.80. The summed E-state index contributed by atoms with van der Waals surface area (Å²) in [6.07, 6.45) is 9.07. The minimum Gasteiger partial charge on any atom is -0.497 e. The highest BCUT2D eigenvalue weighted by atomic mass is 32.1. The summed E-state index contributed by atoms with van der Waals surface area (Å²) in [6.45, 7) is 4.11. The Morgan fingerprint density at radius 1 is 1.10 bits per heavy atom. The Bertz CT molecular complexity index is 957. The van der Waals surface area contributed by atoms with E-state index in [2.05, 4.69) is 29.0 Å². The Balaban J connectivity index is 1.96. The van der Waals surface area contributed by atoms with E-state index in [1.165, 1.54) is 7.11 Å². The van der Waals surface area contributed by atoms with Gasteiger partial charge in [0.25, 0.3) is 5.91 Å². The molecule has 2 aromatic carbocycles. The smallest absolute Gasteiger partial charge is 0.261 e. The van der Waals surface area contributed by atoms with E-state index in [9.17, 15) is 4.79 Å². The molecule has 31 heavy (non-hydrogen) atoms. The summed E-state index contributed by atoms with van der Waals surface area (Å²) in [5.41, 5.74) is 2.10. The van der Waals surface area contributed by atoms with Crippen molar-refractivity contribution in [3.63, 3.8) is 0 Å². The number of hydrogen-bond acceptors (Lipinski definition) is 5. The zero-order chi connectivity index (χ0) is 22.6. The van der Waals surface area contributed by atoms with Crippen LogP contribution in [0, 0.1) is 0 Å². The van der Waals surface area contributed by atoms with E-state index in [0.717, 1.165) is 17.8 Å². The molecule has 1 amide bonds. The SMILES string of the molecule is C/C=C\C=C/CC(C)Nc1cccc(NC(=S)NC(=O)c2ccc(OC)cc2OC)c1. The molecule has 2 rings (SSSR count). The van der Waals surface area contributed by atoms with Crippen molar-refractivity contribution in [3.05, 3.63) is 72.3 Å². The fourth-order valence-electron chi connectivity index (χ4n) is 2.82. The fraction of sp³-hybridized carbons (Fsp3) is 0.250. The third-order valence-electron chi connectivity index (χ3n) is 4.34. The molecule has 6 nitrogen and oxygen atoms in total. The number of anilines is 2. The summed E-state index contributed by atoms with van der Waals surface area (Å²) in [4.78, 5) is 12.6. The van der Waals surface area contributed by atoms with Crippen LogP contribution in [-0.4, -0.2) is 31.3 Å². The molecule has 0 heterocycles. The van der Waals surface area contributed by atoms with E-state index < -0.39 is 0 Å². The average Bonchev–Trinajstić information content (AvgIpc) is 2.76. The van der Waals surface area contributed by atoms with Crippen LogP contribution in [0.15, 0.2) is 66.8 Å². The first kappa shape index (κ1) is 24.0. The predicted octanol–water partition coefficient (Wildman–Crippen LogP) is 5.15. The highest BCUT2D eigenvalue weighted by Gasteiger charge is 2.15. The minimum atomic E-state index is -0.368. The first-order valence-electron chi connectivity index (χ1n) is 9.95. The lowest BCUT2D eigenvalue weighted by atomic mass is 10.2. The monoisotopic (exact) mass is 439 g/mol. The lowest BCUT2D eigenvalue weighted by molar-refractivity contribution is 0.0974. The number of ether oxygens (including phenoxy) is 2. The maximum absolute atomic E-state index is 12.6. The summed E-state index contributed by atoms with van der Waals surface area (Å²) in [6, 6.07) is 13.0. The van der Waals surface area contributed by atoms with E-state index in [4.69, 9.17) is 21.7 Å². The number of nitrogens with one attached hydrogen (secondary N) is 3. The molecule has 0 aliphatic heterocycles. The molecule has 1 unspecified atom stereocenters. The van der Waals surface area contributed by atoms with Crippen molar-refractivity contribution in [2.45, 2.75) is 26.3 Å². The molecular weight excluding hydrogens is 410 g/mol. The van der Waals surface area contributed by atoms with Crippen LogP contribution in [0.1, 0.15) is 30.6 Å². The van der Waals surface area contributed by atoms with Gasteiger partial charge in [-0.15, -0.1) is 0 Å². The van der Waals surface area contributed by atoms with Gasteiger partial charge >= 0.3 is 0 Å². The number of hydrogen-bond donors (Lipinski definition) is 3. The lowest BCUT2D eigenvalue weighted by Crippen LogP contribution is -2.34. The van der Waals surface area contributed by atoms with Gasteiger partial charge in [0.05, 0.1) is 19.8 Å². The number of rotatable bonds is 9. The third-order valence-corrected chi connectivity index (χ3v) is 4.55. The average molecular weight is 440 g/mol. The second kappa shape index (κ2) is 12.4. The largest absolute Gasteiger partial charge is 0.497 e. The van der Waals surface area contributed by atoms with Crippen molar-refractivity contribution < 1.29 is 14.3 Å². The lowest BCUT2D eigenvalue weighted by Gasteiger charge is -2.16. The molecule has 0 spiro atoms. The molecular formula is C24H29N3O3S. The second-order valence-corrected chi connectivity index (χ2v) is 7.20.